The number of rotatable bonds is 4. The van der Waals surface area contributed by atoms with Gasteiger partial charge in [0.2, 0.25) is 0 Å². The average molecular weight is 312 g/mol. The van der Waals surface area contributed by atoms with E-state index in [0.29, 0.717) is 6.42 Å². The first-order valence-electron chi connectivity index (χ1n) is 7.37. The van der Waals surface area contributed by atoms with Crippen molar-refractivity contribution >= 4 is 28.0 Å². The molecule has 2 aromatic heterocycles. The summed E-state index contributed by atoms with van der Waals surface area (Å²) in [7, 11) is 0. The van der Waals surface area contributed by atoms with Crippen LogP contribution >= 0.6 is 11.3 Å². The number of Topliss-reactive ketones (excluding diaryl/α,β-unsaturated/α-hetero) is 1. The van der Waals surface area contributed by atoms with Crippen molar-refractivity contribution in [1.29, 1.82) is 0 Å². The molecule has 2 N–H and O–H groups in total. The van der Waals surface area contributed by atoms with E-state index in [9.17, 15) is 4.79 Å². The molecule has 0 spiro atoms. The number of fused-ring (bicyclic) bond motifs is 1. The summed E-state index contributed by atoms with van der Waals surface area (Å²) in [5.74, 6) is 0.154. The van der Waals surface area contributed by atoms with Crippen molar-refractivity contribution in [2.45, 2.75) is 24.8 Å². The fourth-order valence-corrected chi connectivity index (χ4v) is 3.78. The van der Waals surface area contributed by atoms with E-state index < -0.39 is 5.54 Å². The van der Waals surface area contributed by atoms with E-state index in [4.69, 9.17) is 0 Å². The Labute approximate surface area is 131 Å². The highest BCUT2D eigenvalue weighted by atomic mass is 32.1. The van der Waals surface area contributed by atoms with Gasteiger partial charge in [-0.3, -0.25) is 9.89 Å². The lowest BCUT2D eigenvalue weighted by molar-refractivity contribution is 0.0867. The van der Waals surface area contributed by atoms with Crippen LogP contribution in [-0.4, -0.2) is 33.0 Å². The molecular weight excluding hydrogens is 296 g/mol. The Morgan fingerprint density at radius 1 is 1.41 bits per heavy atom. The largest absolute Gasteiger partial charge is 0.304 e. The third-order valence-electron chi connectivity index (χ3n) is 4.35. The Hall–Kier alpha value is -2.05. The lowest BCUT2D eigenvalue weighted by Gasteiger charge is -2.27. The summed E-state index contributed by atoms with van der Waals surface area (Å²) in [5.41, 5.74) is 3.96. The molecule has 0 bridgehead atoms. The number of hydrogen-bond acceptors (Lipinski definition) is 5. The Morgan fingerprint density at radius 3 is 3.14 bits per heavy atom. The first-order chi connectivity index (χ1) is 10.8. The van der Waals surface area contributed by atoms with E-state index >= 15 is 0 Å². The summed E-state index contributed by atoms with van der Waals surface area (Å²) in [5, 5.41) is 13.4. The van der Waals surface area contributed by atoms with Crippen molar-refractivity contribution in [3.05, 3.63) is 46.5 Å². The number of benzene rings is 1. The van der Waals surface area contributed by atoms with Gasteiger partial charge in [0.1, 0.15) is 0 Å². The Morgan fingerprint density at radius 2 is 2.36 bits per heavy atom. The Bertz CT molecular complexity index is 803. The first-order valence-corrected chi connectivity index (χ1v) is 8.31. The molecule has 22 heavy (non-hydrogen) atoms. The topological polar surface area (TPSA) is 70.7 Å². The first kappa shape index (κ1) is 13.6. The molecule has 6 heteroatoms. The molecule has 1 fully saturated rings. The van der Waals surface area contributed by atoms with Gasteiger partial charge in [0, 0.05) is 22.8 Å². The molecule has 112 valence electrons. The predicted octanol–water partition coefficient (Wildman–Crippen LogP) is 2.57. The van der Waals surface area contributed by atoms with Crippen LogP contribution in [0.4, 0.5) is 0 Å². The fourth-order valence-electron chi connectivity index (χ4n) is 3.23. The van der Waals surface area contributed by atoms with Gasteiger partial charge >= 0.3 is 0 Å². The predicted molar refractivity (Wildman–Crippen MR) is 86.2 cm³/mol. The maximum absolute atomic E-state index is 13.1. The highest BCUT2D eigenvalue weighted by Crippen LogP contribution is 2.29. The van der Waals surface area contributed by atoms with Crippen LogP contribution in [0, 0.1) is 0 Å². The smallest absolute Gasteiger partial charge is 0.183 e. The molecule has 3 aromatic rings. The molecule has 1 aromatic carbocycles. The highest BCUT2D eigenvalue weighted by molar-refractivity contribution is 7.07. The van der Waals surface area contributed by atoms with Gasteiger partial charge < -0.3 is 5.32 Å². The van der Waals surface area contributed by atoms with E-state index in [2.05, 4.69) is 20.5 Å². The van der Waals surface area contributed by atoms with E-state index in [1.807, 2.05) is 29.1 Å². The summed E-state index contributed by atoms with van der Waals surface area (Å²) < 4.78 is 0. The molecule has 0 saturated carbocycles. The van der Waals surface area contributed by atoms with Crippen molar-refractivity contribution in [3.63, 3.8) is 0 Å². The van der Waals surface area contributed by atoms with Gasteiger partial charge in [0.05, 0.1) is 28.5 Å². The standard InChI is InChI=1S/C16H16N4OS/c21-15(11-2-3-14-12(6-11)8-19-20-14)16(4-1-5-18-16)7-13-9-22-10-17-13/h2-3,6,8-10,18H,1,4-5,7H2,(H,19,20). The molecule has 0 amide bonds. The molecule has 1 aliphatic rings. The number of ketones is 1. The number of aromatic amines is 1. The summed E-state index contributed by atoms with van der Waals surface area (Å²) >= 11 is 1.57. The molecule has 1 unspecified atom stereocenters. The summed E-state index contributed by atoms with van der Waals surface area (Å²) in [6, 6.07) is 5.72. The summed E-state index contributed by atoms with van der Waals surface area (Å²) in [6.07, 6.45) is 4.27. The van der Waals surface area contributed by atoms with Gasteiger partial charge in [-0.2, -0.15) is 5.10 Å². The van der Waals surface area contributed by atoms with Crippen LogP contribution in [-0.2, 0) is 6.42 Å². The zero-order valence-corrected chi connectivity index (χ0v) is 12.8. The minimum absolute atomic E-state index is 0.154. The molecule has 5 nitrogen and oxygen atoms in total. The molecular formula is C16H16N4OS. The number of aromatic nitrogens is 3. The summed E-state index contributed by atoms with van der Waals surface area (Å²) in [4.78, 5) is 17.5. The second kappa shape index (κ2) is 5.30. The SMILES string of the molecule is O=C(c1ccc2[nH]ncc2c1)C1(Cc2cscn2)CCCN1. The maximum atomic E-state index is 13.1. The van der Waals surface area contributed by atoms with Gasteiger partial charge in [-0.1, -0.05) is 0 Å². The third-order valence-corrected chi connectivity index (χ3v) is 4.98. The number of hydrogen-bond donors (Lipinski definition) is 2. The van der Waals surface area contributed by atoms with Crippen LogP contribution in [0.15, 0.2) is 35.3 Å². The number of thiazole rings is 1. The molecule has 1 atom stereocenters. The lowest BCUT2D eigenvalue weighted by Crippen LogP contribution is -2.49. The monoisotopic (exact) mass is 312 g/mol. The number of carbonyl (C=O) groups is 1. The molecule has 1 saturated heterocycles. The second-order valence-electron chi connectivity index (χ2n) is 5.77. The highest BCUT2D eigenvalue weighted by Gasteiger charge is 2.41. The van der Waals surface area contributed by atoms with Crippen LogP contribution in [0.3, 0.4) is 0 Å². The van der Waals surface area contributed by atoms with E-state index in [1.165, 1.54) is 0 Å². The molecule has 1 aliphatic heterocycles. The number of nitrogens with zero attached hydrogens (tertiary/aromatic N) is 2. The molecule has 3 heterocycles. The maximum Gasteiger partial charge on any atom is 0.183 e. The Kier molecular flexibility index (Phi) is 3.28. The van der Waals surface area contributed by atoms with Gasteiger partial charge in [-0.15, -0.1) is 11.3 Å². The minimum Gasteiger partial charge on any atom is -0.304 e. The molecule has 4 rings (SSSR count). The van der Waals surface area contributed by atoms with Crippen molar-refractivity contribution < 1.29 is 4.79 Å². The van der Waals surface area contributed by atoms with Crippen molar-refractivity contribution in [3.8, 4) is 0 Å². The Balaban J connectivity index is 1.70. The van der Waals surface area contributed by atoms with Crippen LogP contribution in [0.25, 0.3) is 10.9 Å². The van der Waals surface area contributed by atoms with E-state index in [1.54, 1.807) is 17.5 Å². The number of carbonyl (C=O) groups excluding carboxylic acids is 1. The minimum atomic E-state index is -0.522. The van der Waals surface area contributed by atoms with Crippen LogP contribution in [0.1, 0.15) is 28.9 Å². The molecule has 0 radical (unpaired) electrons. The number of H-pyrrole nitrogens is 1. The zero-order valence-electron chi connectivity index (χ0n) is 12.0. The number of nitrogens with one attached hydrogen (secondary N) is 2. The van der Waals surface area contributed by atoms with Gasteiger partial charge in [0.15, 0.2) is 5.78 Å². The lowest BCUT2D eigenvalue weighted by atomic mass is 9.83. The summed E-state index contributed by atoms with van der Waals surface area (Å²) in [6.45, 7) is 0.879. The fraction of sp³-hybridized carbons (Fsp3) is 0.312. The third kappa shape index (κ3) is 2.24. The van der Waals surface area contributed by atoms with E-state index in [0.717, 1.165) is 41.5 Å². The van der Waals surface area contributed by atoms with Gasteiger partial charge in [-0.05, 0) is 37.6 Å². The van der Waals surface area contributed by atoms with Crippen molar-refractivity contribution in [2.24, 2.45) is 0 Å². The van der Waals surface area contributed by atoms with Crippen molar-refractivity contribution in [1.82, 2.24) is 20.5 Å². The zero-order chi connectivity index (χ0) is 15.0. The van der Waals surface area contributed by atoms with Gasteiger partial charge in [0.25, 0.3) is 0 Å². The van der Waals surface area contributed by atoms with Crippen LogP contribution in [0.2, 0.25) is 0 Å². The quantitative estimate of drug-likeness (QED) is 0.726. The molecule has 0 aliphatic carbocycles. The van der Waals surface area contributed by atoms with E-state index in [-0.39, 0.29) is 5.78 Å². The average Bonchev–Trinajstić information content (AvgIpc) is 3.28. The van der Waals surface area contributed by atoms with Crippen LogP contribution < -0.4 is 5.32 Å². The normalized spacial score (nSPS) is 21.5. The second-order valence-corrected chi connectivity index (χ2v) is 6.49. The van der Waals surface area contributed by atoms with Crippen LogP contribution in [0.5, 0.6) is 0 Å². The van der Waals surface area contributed by atoms with Gasteiger partial charge in [-0.25, -0.2) is 4.98 Å². The van der Waals surface area contributed by atoms with Crippen molar-refractivity contribution in [2.75, 3.05) is 6.54 Å².